The first kappa shape index (κ1) is 25.0. The third-order valence-electron chi connectivity index (χ3n) is 7.01. The van der Waals surface area contributed by atoms with Gasteiger partial charge in [0.05, 0.1) is 38.6 Å². The first-order valence-electron chi connectivity index (χ1n) is 12.7. The van der Waals surface area contributed by atoms with E-state index in [0.717, 1.165) is 67.3 Å². The van der Waals surface area contributed by atoms with Gasteiger partial charge in [-0.25, -0.2) is 9.64 Å². The molecule has 37 heavy (non-hydrogen) atoms. The summed E-state index contributed by atoms with van der Waals surface area (Å²) in [6.45, 7) is 15.2. The molecule has 0 bridgehead atoms. The molecule has 0 aromatic heterocycles. The van der Waals surface area contributed by atoms with Crippen LogP contribution in [0.2, 0.25) is 0 Å². The Balaban J connectivity index is 1.10. The van der Waals surface area contributed by atoms with Crippen LogP contribution in [0.5, 0.6) is 11.5 Å². The van der Waals surface area contributed by atoms with Crippen LogP contribution in [0, 0.1) is 12.0 Å². The molecule has 1 unspecified atom stereocenters. The van der Waals surface area contributed by atoms with Gasteiger partial charge in [-0.05, 0) is 71.5 Å². The second-order valence-electron chi connectivity index (χ2n) is 10.2. The number of carbonyl (C=O) groups excluding carboxylic acids is 1. The van der Waals surface area contributed by atoms with Crippen molar-refractivity contribution in [1.29, 1.82) is 0 Å². The largest absolute Gasteiger partial charge is 0.494 e. The highest BCUT2D eigenvalue weighted by Gasteiger charge is 2.33. The van der Waals surface area contributed by atoms with Crippen molar-refractivity contribution in [3.63, 3.8) is 0 Å². The molecule has 1 saturated heterocycles. The lowest BCUT2D eigenvalue weighted by molar-refractivity contribution is -0.138. The van der Waals surface area contributed by atoms with E-state index in [-0.39, 0.29) is 11.3 Å². The lowest BCUT2D eigenvalue weighted by Gasteiger charge is -2.37. The first-order chi connectivity index (χ1) is 18.0. The van der Waals surface area contributed by atoms with E-state index in [1.54, 1.807) is 24.3 Å². The van der Waals surface area contributed by atoms with E-state index in [1.165, 1.54) is 0 Å². The standard InChI is InChI=1S/C31H31NO5/c1-21-28-16-23(32-3)8-12-26(28)27-13-11-25(17-29(21)27)37-30(33)22-6-9-24(10-7-22)36-15-5-4-14-34-18-31(2)19-35-20-31/h6-13,16-17,21H,4-5,14-15,18-20H2,1-2H3. The summed E-state index contributed by atoms with van der Waals surface area (Å²) < 4.78 is 22.5. The van der Waals surface area contributed by atoms with Gasteiger partial charge < -0.3 is 18.9 Å². The van der Waals surface area contributed by atoms with Gasteiger partial charge in [0.2, 0.25) is 0 Å². The van der Waals surface area contributed by atoms with Crippen molar-refractivity contribution in [2.45, 2.75) is 32.6 Å². The minimum Gasteiger partial charge on any atom is -0.494 e. The Labute approximate surface area is 217 Å². The molecule has 1 heterocycles. The molecular formula is C31H31NO5. The van der Waals surface area contributed by atoms with Gasteiger partial charge in [-0.3, -0.25) is 0 Å². The minimum atomic E-state index is -0.410. The van der Waals surface area contributed by atoms with Crippen LogP contribution < -0.4 is 9.47 Å². The zero-order chi connectivity index (χ0) is 25.8. The van der Waals surface area contributed by atoms with Crippen molar-refractivity contribution in [1.82, 2.24) is 0 Å². The molecule has 1 aliphatic heterocycles. The predicted octanol–water partition coefficient (Wildman–Crippen LogP) is 6.80. The number of unbranched alkanes of at least 4 members (excludes halogenated alkanes) is 1. The van der Waals surface area contributed by atoms with E-state index in [4.69, 9.17) is 25.5 Å². The molecule has 0 spiro atoms. The van der Waals surface area contributed by atoms with Crippen LogP contribution >= 0.6 is 0 Å². The molecule has 0 radical (unpaired) electrons. The van der Waals surface area contributed by atoms with Crippen molar-refractivity contribution < 1.29 is 23.7 Å². The fourth-order valence-corrected chi connectivity index (χ4v) is 4.80. The number of benzene rings is 3. The summed E-state index contributed by atoms with van der Waals surface area (Å²) in [5, 5.41) is 0. The van der Waals surface area contributed by atoms with Gasteiger partial charge in [-0.15, -0.1) is 0 Å². The topological polar surface area (TPSA) is 58.4 Å². The van der Waals surface area contributed by atoms with E-state index < -0.39 is 5.97 Å². The number of nitrogens with zero attached hydrogens (tertiary/aromatic N) is 1. The Kier molecular flexibility index (Phi) is 7.27. The summed E-state index contributed by atoms with van der Waals surface area (Å²) >= 11 is 0. The number of ether oxygens (including phenoxy) is 4. The first-order valence-corrected chi connectivity index (χ1v) is 12.7. The molecule has 5 rings (SSSR count). The van der Waals surface area contributed by atoms with Crippen LogP contribution in [0.1, 0.15) is 54.1 Å². The van der Waals surface area contributed by atoms with E-state index in [2.05, 4.69) is 18.7 Å². The summed E-state index contributed by atoms with van der Waals surface area (Å²) in [6, 6.07) is 18.6. The number of esters is 1. The lowest BCUT2D eigenvalue weighted by atomic mass is 9.90. The van der Waals surface area contributed by atoms with Crippen LogP contribution in [-0.2, 0) is 9.47 Å². The normalized spacial score (nSPS) is 16.7. The average molecular weight is 498 g/mol. The molecule has 3 aromatic carbocycles. The van der Waals surface area contributed by atoms with Crippen LogP contribution in [0.3, 0.4) is 0 Å². The van der Waals surface area contributed by atoms with Gasteiger partial charge in [-0.2, -0.15) is 0 Å². The van der Waals surface area contributed by atoms with Crippen LogP contribution in [0.4, 0.5) is 5.69 Å². The maximum absolute atomic E-state index is 12.7. The highest BCUT2D eigenvalue weighted by Crippen LogP contribution is 2.47. The monoisotopic (exact) mass is 497 g/mol. The van der Waals surface area contributed by atoms with Crippen molar-refractivity contribution in [2.75, 3.05) is 33.0 Å². The third-order valence-corrected chi connectivity index (χ3v) is 7.01. The summed E-state index contributed by atoms with van der Waals surface area (Å²) in [7, 11) is 0. The van der Waals surface area contributed by atoms with E-state index in [1.807, 2.05) is 36.4 Å². The van der Waals surface area contributed by atoms with Crippen molar-refractivity contribution in [3.8, 4) is 22.6 Å². The Morgan fingerprint density at radius 1 is 0.973 bits per heavy atom. The number of hydrogen-bond acceptors (Lipinski definition) is 5. The van der Waals surface area contributed by atoms with Crippen molar-refractivity contribution >= 4 is 11.7 Å². The molecule has 6 heteroatoms. The highest BCUT2D eigenvalue weighted by molar-refractivity contribution is 5.91. The molecule has 0 amide bonds. The molecule has 1 fully saturated rings. The minimum absolute atomic E-state index is 0.133. The van der Waals surface area contributed by atoms with Crippen LogP contribution in [0.25, 0.3) is 16.0 Å². The maximum Gasteiger partial charge on any atom is 0.343 e. The summed E-state index contributed by atoms with van der Waals surface area (Å²) in [5.74, 6) is 0.955. The van der Waals surface area contributed by atoms with Gasteiger partial charge in [-0.1, -0.05) is 38.1 Å². The van der Waals surface area contributed by atoms with Gasteiger partial charge >= 0.3 is 5.97 Å². The fraction of sp³-hybridized carbons (Fsp3) is 0.355. The molecule has 1 aliphatic carbocycles. The molecule has 6 nitrogen and oxygen atoms in total. The second-order valence-corrected chi connectivity index (χ2v) is 10.2. The van der Waals surface area contributed by atoms with Crippen LogP contribution in [0.15, 0.2) is 60.7 Å². The average Bonchev–Trinajstić information content (AvgIpc) is 3.18. The molecule has 0 N–H and O–H groups in total. The van der Waals surface area contributed by atoms with Gasteiger partial charge in [0, 0.05) is 17.9 Å². The summed E-state index contributed by atoms with van der Waals surface area (Å²) in [5.41, 5.74) is 5.77. The lowest BCUT2D eigenvalue weighted by Crippen LogP contribution is -2.43. The fourth-order valence-electron chi connectivity index (χ4n) is 4.80. The van der Waals surface area contributed by atoms with E-state index >= 15 is 0 Å². The number of fused-ring (bicyclic) bond motifs is 3. The number of hydrogen-bond donors (Lipinski definition) is 0. The predicted molar refractivity (Wildman–Crippen MR) is 142 cm³/mol. The maximum atomic E-state index is 12.7. The quantitative estimate of drug-likeness (QED) is 0.133. The summed E-state index contributed by atoms with van der Waals surface area (Å²) in [6.07, 6.45) is 1.84. The van der Waals surface area contributed by atoms with E-state index in [0.29, 0.717) is 23.6 Å². The van der Waals surface area contributed by atoms with Crippen molar-refractivity contribution in [3.05, 3.63) is 88.8 Å². The SMILES string of the molecule is [C-]#[N+]c1ccc2c(c1)C(C)c1cc(OC(=O)c3ccc(OCCCCOCC4(C)COC4)cc3)ccc1-2. The Bertz CT molecular complexity index is 1320. The van der Waals surface area contributed by atoms with Gasteiger partial charge in [0.15, 0.2) is 5.69 Å². The molecule has 1 atom stereocenters. The molecule has 190 valence electrons. The third kappa shape index (κ3) is 5.53. The number of carbonyl (C=O) groups is 1. The van der Waals surface area contributed by atoms with Gasteiger partial charge in [0.1, 0.15) is 11.5 Å². The highest BCUT2D eigenvalue weighted by atomic mass is 16.5. The van der Waals surface area contributed by atoms with Gasteiger partial charge in [0.25, 0.3) is 0 Å². The van der Waals surface area contributed by atoms with Crippen LogP contribution in [-0.4, -0.2) is 39.0 Å². The second kappa shape index (κ2) is 10.8. The molecule has 3 aromatic rings. The Morgan fingerprint density at radius 2 is 1.65 bits per heavy atom. The van der Waals surface area contributed by atoms with Crippen molar-refractivity contribution in [2.24, 2.45) is 5.41 Å². The van der Waals surface area contributed by atoms with E-state index in [9.17, 15) is 4.79 Å². The molecular weight excluding hydrogens is 466 g/mol. The smallest absolute Gasteiger partial charge is 0.343 e. The number of rotatable bonds is 10. The zero-order valence-electron chi connectivity index (χ0n) is 21.3. The molecule has 0 saturated carbocycles. The molecule has 2 aliphatic rings. The zero-order valence-corrected chi connectivity index (χ0v) is 21.3. The summed E-state index contributed by atoms with van der Waals surface area (Å²) in [4.78, 5) is 16.3. The Hall–Kier alpha value is -3.66. The Morgan fingerprint density at radius 3 is 2.35 bits per heavy atom.